The van der Waals surface area contributed by atoms with Crippen molar-refractivity contribution in [1.82, 2.24) is 20.2 Å². The van der Waals surface area contributed by atoms with Crippen LogP contribution in [-0.2, 0) is 38.5 Å². The number of anilines is 1. The number of carbonyl (C=O) groups is 3. The van der Waals surface area contributed by atoms with Gasteiger partial charge in [0, 0.05) is 80.1 Å². The van der Waals surface area contributed by atoms with Crippen LogP contribution in [0.15, 0.2) is 70.7 Å². The molecule has 6 rings (SSSR count). The lowest BCUT2D eigenvalue weighted by Gasteiger charge is -2.31. The highest BCUT2D eigenvalue weighted by Crippen LogP contribution is 2.42. The quantitative estimate of drug-likeness (QED) is 0.147. The number of para-hydroxylation sites is 1. The molecule has 0 spiro atoms. The number of aromatic amines is 1. The summed E-state index contributed by atoms with van der Waals surface area (Å²) in [6, 6.07) is 14.8. The number of aromatic nitrogens is 2. The van der Waals surface area contributed by atoms with Crippen molar-refractivity contribution in [2.75, 3.05) is 51.3 Å². The van der Waals surface area contributed by atoms with Crippen LogP contribution >= 0.6 is 23.4 Å². The van der Waals surface area contributed by atoms with E-state index < -0.39 is 18.0 Å². The van der Waals surface area contributed by atoms with Crippen molar-refractivity contribution in [3.8, 4) is 0 Å². The Morgan fingerprint density at radius 3 is 2.51 bits per heavy atom. The van der Waals surface area contributed by atoms with E-state index in [1.807, 2.05) is 42.6 Å². The SMILES string of the molecule is CN1C(=O)[C@H](CCCCN)CC(=O)[C@H](CCCN)NCc2ccccc2Sc2c(N3CCOCC3)ncc(Cl)c2CCC(=O)[C@@H]1Cc1c[nH]c2ccccc12. The van der Waals surface area contributed by atoms with Gasteiger partial charge in [-0.2, -0.15) is 0 Å². The fraction of sp³-hybridized carbons (Fsp3) is 0.476. The molecular formula is C42H54ClN7O4S. The number of amides is 1. The number of likely N-dealkylation sites (N-methyl/N-ethyl adjacent to an activating group) is 1. The highest BCUT2D eigenvalue weighted by Gasteiger charge is 2.34. The number of nitrogens with one attached hydrogen (secondary N) is 2. The van der Waals surface area contributed by atoms with Gasteiger partial charge in [-0.3, -0.25) is 14.4 Å². The monoisotopic (exact) mass is 787 g/mol. The molecule has 0 radical (unpaired) electrons. The van der Waals surface area contributed by atoms with Crippen molar-refractivity contribution in [3.63, 3.8) is 0 Å². The van der Waals surface area contributed by atoms with Crippen molar-refractivity contribution in [1.29, 1.82) is 0 Å². The van der Waals surface area contributed by atoms with Crippen LogP contribution in [0.25, 0.3) is 10.9 Å². The first-order valence-electron chi connectivity index (χ1n) is 19.6. The van der Waals surface area contributed by atoms with E-state index in [9.17, 15) is 14.4 Å². The molecule has 0 unspecified atom stereocenters. The fourth-order valence-electron chi connectivity index (χ4n) is 7.69. The Morgan fingerprint density at radius 1 is 0.945 bits per heavy atom. The first kappa shape index (κ1) is 40.9. The van der Waals surface area contributed by atoms with Crippen molar-refractivity contribution >= 4 is 57.6 Å². The highest BCUT2D eigenvalue weighted by molar-refractivity contribution is 7.99. The number of hydrogen-bond acceptors (Lipinski definition) is 10. The molecule has 0 bridgehead atoms. The van der Waals surface area contributed by atoms with Gasteiger partial charge in [-0.25, -0.2) is 4.98 Å². The maximum atomic E-state index is 14.7. The molecule has 11 nitrogen and oxygen atoms in total. The number of halogens is 1. The first-order valence-corrected chi connectivity index (χ1v) is 20.7. The zero-order chi connectivity index (χ0) is 38.7. The Balaban J connectivity index is 1.44. The molecule has 2 aromatic carbocycles. The summed E-state index contributed by atoms with van der Waals surface area (Å²) in [5.74, 6) is -0.0984. The Kier molecular flexibility index (Phi) is 14.8. The fourth-order valence-corrected chi connectivity index (χ4v) is 9.23. The number of H-pyrrole nitrogens is 1. The average molecular weight is 788 g/mol. The minimum atomic E-state index is -0.767. The maximum absolute atomic E-state index is 14.7. The molecule has 55 heavy (non-hydrogen) atoms. The van der Waals surface area contributed by atoms with Crippen molar-refractivity contribution in [3.05, 3.63) is 82.6 Å². The second-order valence-electron chi connectivity index (χ2n) is 14.6. The van der Waals surface area contributed by atoms with Gasteiger partial charge in [0.25, 0.3) is 0 Å². The summed E-state index contributed by atoms with van der Waals surface area (Å²) in [5, 5.41) is 5.05. The minimum absolute atomic E-state index is 0.0298. The molecule has 4 aromatic rings. The molecule has 2 aromatic heterocycles. The van der Waals surface area contributed by atoms with Crippen LogP contribution in [0.5, 0.6) is 0 Å². The van der Waals surface area contributed by atoms with Crippen LogP contribution < -0.4 is 21.7 Å². The summed E-state index contributed by atoms with van der Waals surface area (Å²) in [6.45, 7) is 3.93. The highest BCUT2D eigenvalue weighted by atomic mass is 35.5. The van der Waals surface area contributed by atoms with Gasteiger partial charge in [0.15, 0.2) is 11.6 Å². The summed E-state index contributed by atoms with van der Waals surface area (Å²) >= 11 is 8.60. The number of benzene rings is 2. The van der Waals surface area contributed by atoms with E-state index >= 15 is 0 Å². The topological polar surface area (TPSA) is 160 Å². The summed E-state index contributed by atoms with van der Waals surface area (Å²) in [7, 11) is 1.71. The van der Waals surface area contributed by atoms with Crippen LogP contribution in [-0.4, -0.2) is 90.9 Å². The van der Waals surface area contributed by atoms with Gasteiger partial charge >= 0.3 is 0 Å². The van der Waals surface area contributed by atoms with Gasteiger partial charge in [0.1, 0.15) is 5.82 Å². The van der Waals surface area contributed by atoms with E-state index in [1.165, 1.54) is 0 Å². The number of pyridine rings is 1. The number of hydrogen-bond donors (Lipinski definition) is 4. The normalized spacial score (nSPS) is 20.7. The third-order valence-corrected chi connectivity index (χ3v) is 12.5. The van der Waals surface area contributed by atoms with E-state index in [4.69, 9.17) is 32.8 Å². The predicted octanol–water partition coefficient (Wildman–Crippen LogP) is 5.69. The van der Waals surface area contributed by atoms with Crippen LogP contribution in [0, 0.1) is 5.92 Å². The molecule has 1 amide bonds. The van der Waals surface area contributed by atoms with E-state index in [-0.39, 0.29) is 30.3 Å². The van der Waals surface area contributed by atoms with E-state index in [1.54, 1.807) is 29.9 Å². The molecule has 1 saturated heterocycles. The molecule has 4 heterocycles. The zero-order valence-electron chi connectivity index (χ0n) is 31.7. The van der Waals surface area contributed by atoms with Gasteiger partial charge in [0.05, 0.1) is 35.2 Å². The summed E-state index contributed by atoms with van der Waals surface area (Å²) < 4.78 is 5.68. The number of carbonyl (C=O) groups excluding carboxylic acids is 3. The van der Waals surface area contributed by atoms with E-state index in [0.29, 0.717) is 89.5 Å². The molecule has 0 saturated carbocycles. The maximum Gasteiger partial charge on any atom is 0.226 e. The molecule has 2 aliphatic rings. The molecular weight excluding hydrogens is 734 g/mol. The molecule has 1 fully saturated rings. The van der Waals surface area contributed by atoms with E-state index in [0.717, 1.165) is 49.6 Å². The van der Waals surface area contributed by atoms with Gasteiger partial charge in [-0.05, 0) is 74.0 Å². The third kappa shape index (κ3) is 10.2. The number of rotatable bonds is 10. The smallest absolute Gasteiger partial charge is 0.226 e. The van der Waals surface area contributed by atoms with Crippen LogP contribution in [0.2, 0.25) is 5.02 Å². The molecule has 13 heteroatoms. The second-order valence-corrected chi connectivity index (χ2v) is 16.0. The molecule has 2 aliphatic heterocycles. The Morgan fingerprint density at radius 2 is 1.71 bits per heavy atom. The Labute approximate surface area is 333 Å². The van der Waals surface area contributed by atoms with Crippen LogP contribution in [0.4, 0.5) is 5.82 Å². The number of unbranched alkanes of at least 4 members (excludes halogenated alkanes) is 1. The molecule has 294 valence electrons. The number of fused-ring (bicyclic) bond motifs is 3. The summed E-state index contributed by atoms with van der Waals surface area (Å²) in [4.78, 5) is 57.4. The predicted molar refractivity (Wildman–Crippen MR) is 220 cm³/mol. The largest absolute Gasteiger partial charge is 0.378 e. The Hall–Kier alpha value is -3.78. The standard InChI is InChI=1S/C42H54ClN7O4S/c1-49-36(23-30-26-46-34-12-4-3-11-31(30)34)37(51)16-15-32-33(43)27-48-41(50-19-21-54-22-20-50)40(32)55-39-14-5-2-10-29(39)25-47-35(13-8-18-45)38(52)24-28(42(49)53)9-6-7-17-44/h2-5,10-12,14,26-28,35-36,46-47H,6-9,13,15-25,44-45H2,1H3/t28-,35+,36+/m1/s1. The lowest BCUT2D eigenvalue weighted by molar-refractivity contribution is -0.143. The summed E-state index contributed by atoms with van der Waals surface area (Å²) in [6.07, 6.45) is 7.69. The van der Waals surface area contributed by atoms with Gasteiger partial charge in [-0.15, -0.1) is 0 Å². The number of Topliss-reactive ketones (excluding diaryl/α,β-unsaturated/α-hetero) is 2. The first-order chi connectivity index (χ1) is 26.8. The molecule has 3 atom stereocenters. The van der Waals surface area contributed by atoms with E-state index in [2.05, 4.69) is 27.3 Å². The number of nitrogens with zero attached hydrogens (tertiary/aromatic N) is 3. The Bertz CT molecular complexity index is 1930. The molecule has 0 aliphatic carbocycles. The van der Waals surface area contributed by atoms with Crippen LogP contribution in [0.1, 0.15) is 61.6 Å². The third-order valence-electron chi connectivity index (χ3n) is 10.9. The van der Waals surface area contributed by atoms with Gasteiger partial charge in [0.2, 0.25) is 5.91 Å². The number of ketones is 2. The number of nitrogens with two attached hydrogens (primary N) is 2. The number of ether oxygens (including phenoxy) is 1. The zero-order valence-corrected chi connectivity index (χ0v) is 33.3. The van der Waals surface area contributed by atoms with Crippen molar-refractivity contribution < 1.29 is 19.1 Å². The minimum Gasteiger partial charge on any atom is -0.378 e. The van der Waals surface area contributed by atoms with Gasteiger partial charge in [-0.1, -0.05) is 66.2 Å². The molecule has 6 N–H and O–H groups in total. The van der Waals surface area contributed by atoms with Crippen molar-refractivity contribution in [2.24, 2.45) is 17.4 Å². The lowest BCUT2D eigenvalue weighted by atomic mass is 9.89. The lowest BCUT2D eigenvalue weighted by Crippen LogP contribution is -2.47. The summed E-state index contributed by atoms with van der Waals surface area (Å²) in [5.41, 5.74) is 15.6. The average Bonchev–Trinajstić information content (AvgIpc) is 3.62. The van der Waals surface area contributed by atoms with Gasteiger partial charge < -0.3 is 36.3 Å². The second kappa shape index (κ2) is 19.9. The van der Waals surface area contributed by atoms with Crippen LogP contribution in [0.3, 0.4) is 0 Å². The number of morpholine rings is 1. The van der Waals surface area contributed by atoms with Crippen molar-refractivity contribution in [2.45, 2.75) is 86.2 Å².